The molecule has 2 N–H and O–H groups in total. The van der Waals surface area contributed by atoms with Crippen LogP contribution in [0.4, 0.5) is 0 Å². The first-order valence-corrected chi connectivity index (χ1v) is 11.8. The van der Waals surface area contributed by atoms with Crippen molar-refractivity contribution in [3.05, 3.63) is 52.0 Å². The summed E-state index contributed by atoms with van der Waals surface area (Å²) in [5, 5.41) is 5.95. The van der Waals surface area contributed by atoms with Gasteiger partial charge in [0.25, 0.3) is 5.91 Å². The first-order valence-electron chi connectivity index (χ1n) is 10.6. The van der Waals surface area contributed by atoms with Gasteiger partial charge in [0.05, 0.1) is 25.9 Å². The van der Waals surface area contributed by atoms with Crippen molar-refractivity contribution in [2.24, 2.45) is 5.92 Å². The zero-order valence-electron chi connectivity index (χ0n) is 19.4. The third-order valence-corrected chi connectivity index (χ3v) is 5.33. The number of benzene rings is 2. The summed E-state index contributed by atoms with van der Waals surface area (Å²) in [6.07, 6.45) is 0.970. The van der Waals surface area contributed by atoms with Crippen LogP contribution in [0.3, 0.4) is 0 Å². The lowest BCUT2D eigenvalue weighted by Crippen LogP contribution is -2.39. The molecule has 0 fully saturated rings. The summed E-state index contributed by atoms with van der Waals surface area (Å²) in [5.74, 6) is 2.01. The largest absolute Gasteiger partial charge is 0.493 e. The number of carbonyl (C=O) groups excluding carboxylic acids is 1. The van der Waals surface area contributed by atoms with Crippen LogP contribution in [0.25, 0.3) is 0 Å². The summed E-state index contributed by atoms with van der Waals surface area (Å²) in [6.45, 7) is 6.11. The van der Waals surface area contributed by atoms with Crippen LogP contribution < -0.4 is 24.8 Å². The Morgan fingerprint density at radius 1 is 1.00 bits per heavy atom. The lowest BCUT2D eigenvalue weighted by atomic mass is 10.1. The second-order valence-corrected chi connectivity index (χ2v) is 8.96. The summed E-state index contributed by atoms with van der Waals surface area (Å²) in [4.78, 5) is 12.8. The molecule has 1 amide bonds. The van der Waals surface area contributed by atoms with E-state index in [4.69, 9.17) is 31.2 Å². The molecule has 0 heterocycles. The van der Waals surface area contributed by atoms with Gasteiger partial charge < -0.3 is 24.3 Å². The van der Waals surface area contributed by atoms with E-state index in [1.165, 1.54) is 0 Å². The highest BCUT2D eigenvalue weighted by atomic mass is 79.9. The van der Waals surface area contributed by atoms with Gasteiger partial charge in [0, 0.05) is 18.1 Å². The quantitative estimate of drug-likeness (QED) is 0.299. The monoisotopic (exact) mass is 538 g/mol. The Morgan fingerprint density at radius 2 is 1.73 bits per heavy atom. The van der Waals surface area contributed by atoms with Crippen LogP contribution in [0, 0.1) is 5.92 Å². The lowest BCUT2D eigenvalue weighted by molar-refractivity contribution is 0.0968. The molecular formula is C24H31BrN2O5S. The molecule has 0 aromatic heterocycles. The Bertz CT molecular complexity index is 939. The zero-order chi connectivity index (χ0) is 24.2. The Balaban J connectivity index is 1.94. The maximum atomic E-state index is 12.8. The highest BCUT2D eigenvalue weighted by molar-refractivity contribution is 9.10. The minimum absolute atomic E-state index is 0.207. The zero-order valence-corrected chi connectivity index (χ0v) is 21.8. The number of rotatable bonds is 12. The summed E-state index contributed by atoms with van der Waals surface area (Å²) in [7, 11) is 3.20. The van der Waals surface area contributed by atoms with Gasteiger partial charge in [0.15, 0.2) is 16.6 Å². The highest BCUT2D eigenvalue weighted by Gasteiger charge is 2.15. The SMILES string of the molecule is COCCOc1ccc(Br)cc1C(=O)NC(=S)NCc1ccc(OCCC(C)C)c(OC)c1. The number of amides is 1. The van der Waals surface area contributed by atoms with Gasteiger partial charge in [-0.1, -0.05) is 35.8 Å². The van der Waals surface area contributed by atoms with E-state index >= 15 is 0 Å². The highest BCUT2D eigenvalue weighted by Crippen LogP contribution is 2.28. The van der Waals surface area contributed by atoms with Gasteiger partial charge in [-0.05, 0) is 60.5 Å². The van der Waals surface area contributed by atoms with Crippen molar-refractivity contribution in [3.63, 3.8) is 0 Å². The van der Waals surface area contributed by atoms with Crippen LogP contribution in [0.15, 0.2) is 40.9 Å². The van der Waals surface area contributed by atoms with E-state index in [9.17, 15) is 4.79 Å². The van der Waals surface area contributed by atoms with E-state index in [-0.39, 0.29) is 11.0 Å². The molecule has 180 valence electrons. The first-order chi connectivity index (χ1) is 15.8. The fourth-order valence-corrected chi connectivity index (χ4v) is 3.31. The van der Waals surface area contributed by atoms with E-state index in [1.54, 1.807) is 32.4 Å². The second kappa shape index (κ2) is 14.0. The molecule has 9 heteroatoms. The van der Waals surface area contributed by atoms with Crippen molar-refractivity contribution in [2.75, 3.05) is 34.0 Å². The van der Waals surface area contributed by atoms with Crippen LogP contribution in [-0.4, -0.2) is 45.1 Å². The smallest absolute Gasteiger partial charge is 0.261 e. The fraction of sp³-hybridized carbons (Fsp3) is 0.417. The van der Waals surface area contributed by atoms with Crippen LogP contribution in [0.1, 0.15) is 36.2 Å². The molecule has 2 rings (SSSR count). The number of hydrogen-bond donors (Lipinski definition) is 2. The number of hydrogen-bond acceptors (Lipinski definition) is 6. The topological polar surface area (TPSA) is 78.1 Å². The fourth-order valence-electron chi connectivity index (χ4n) is 2.78. The minimum Gasteiger partial charge on any atom is -0.493 e. The maximum Gasteiger partial charge on any atom is 0.261 e. The molecule has 2 aromatic carbocycles. The van der Waals surface area contributed by atoms with Crippen LogP contribution in [0.2, 0.25) is 0 Å². The molecule has 0 unspecified atom stereocenters. The van der Waals surface area contributed by atoms with Gasteiger partial charge in [-0.25, -0.2) is 0 Å². The third-order valence-electron chi connectivity index (χ3n) is 4.59. The molecular weight excluding hydrogens is 508 g/mol. The maximum absolute atomic E-state index is 12.8. The number of thiocarbonyl (C=S) groups is 1. The van der Waals surface area contributed by atoms with E-state index < -0.39 is 0 Å². The van der Waals surface area contributed by atoms with Gasteiger partial charge in [-0.2, -0.15) is 0 Å². The minimum atomic E-state index is -0.368. The Hall–Kier alpha value is -2.36. The van der Waals surface area contributed by atoms with Gasteiger partial charge in [0.1, 0.15) is 12.4 Å². The molecule has 2 aromatic rings. The average molecular weight is 539 g/mol. The Labute approximate surface area is 209 Å². The molecule has 7 nitrogen and oxygen atoms in total. The van der Waals surface area contributed by atoms with Crippen LogP contribution in [-0.2, 0) is 11.3 Å². The van der Waals surface area contributed by atoms with E-state index in [2.05, 4.69) is 40.4 Å². The van der Waals surface area contributed by atoms with Crippen molar-refractivity contribution in [1.82, 2.24) is 10.6 Å². The van der Waals surface area contributed by atoms with E-state index in [0.717, 1.165) is 16.5 Å². The van der Waals surface area contributed by atoms with E-state index in [0.29, 0.717) is 55.1 Å². The molecule has 0 aliphatic carbocycles. The van der Waals surface area contributed by atoms with Gasteiger partial charge in [0.2, 0.25) is 0 Å². The molecule has 0 atom stereocenters. The van der Waals surface area contributed by atoms with Gasteiger partial charge in [-0.3, -0.25) is 10.1 Å². The van der Waals surface area contributed by atoms with Crippen molar-refractivity contribution in [1.29, 1.82) is 0 Å². The van der Waals surface area contributed by atoms with Crippen LogP contribution in [0.5, 0.6) is 17.2 Å². The molecule has 0 saturated carbocycles. The standard InChI is InChI=1S/C24H31BrN2O5S/c1-16(2)9-10-31-21-7-5-17(13-22(21)30-4)15-26-24(33)27-23(28)19-14-18(25)6-8-20(19)32-12-11-29-3/h5-8,13-14,16H,9-12,15H2,1-4H3,(H2,26,27,28,33). The summed E-state index contributed by atoms with van der Waals surface area (Å²) in [6, 6.07) is 10.9. The van der Waals surface area contributed by atoms with Gasteiger partial charge >= 0.3 is 0 Å². The molecule has 0 saturated heterocycles. The number of halogens is 1. The molecule has 33 heavy (non-hydrogen) atoms. The Morgan fingerprint density at radius 3 is 2.42 bits per heavy atom. The van der Waals surface area contributed by atoms with Crippen molar-refractivity contribution >= 4 is 39.2 Å². The van der Waals surface area contributed by atoms with Crippen LogP contribution >= 0.6 is 28.1 Å². The molecule has 0 aliphatic heterocycles. The third kappa shape index (κ3) is 9.19. The number of carbonyl (C=O) groups is 1. The predicted octanol–water partition coefficient (Wildman–Crippen LogP) is 4.71. The summed E-state index contributed by atoms with van der Waals surface area (Å²) in [5.41, 5.74) is 1.31. The molecule has 0 spiro atoms. The first kappa shape index (κ1) is 26.9. The second-order valence-electron chi connectivity index (χ2n) is 7.63. The molecule has 0 bridgehead atoms. The predicted molar refractivity (Wildman–Crippen MR) is 136 cm³/mol. The van der Waals surface area contributed by atoms with Crippen molar-refractivity contribution in [2.45, 2.75) is 26.8 Å². The van der Waals surface area contributed by atoms with Crippen molar-refractivity contribution < 1.29 is 23.7 Å². The average Bonchev–Trinajstić information content (AvgIpc) is 2.79. The normalized spacial score (nSPS) is 10.6. The van der Waals surface area contributed by atoms with E-state index in [1.807, 2.05) is 18.2 Å². The summed E-state index contributed by atoms with van der Waals surface area (Å²) < 4.78 is 22.7. The van der Waals surface area contributed by atoms with Crippen molar-refractivity contribution in [3.8, 4) is 17.2 Å². The molecule has 0 radical (unpaired) electrons. The van der Waals surface area contributed by atoms with Gasteiger partial charge in [-0.15, -0.1) is 0 Å². The Kier molecular flexibility index (Phi) is 11.4. The lowest BCUT2D eigenvalue weighted by Gasteiger charge is -2.15. The number of nitrogens with one attached hydrogen (secondary N) is 2. The molecule has 0 aliphatic rings. The number of methoxy groups -OCH3 is 2. The number of ether oxygens (including phenoxy) is 4. The summed E-state index contributed by atoms with van der Waals surface area (Å²) >= 11 is 8.69.